The van der Waals surface area contributed by atoms with Gasteiger partial charge in [-0.25, -0.2) is 4.39 Å². The molecule has 0 radical (unpaired) electrons. The van der Waals surface area contributed by atoms with Crippen molar-refractivity contribution in [3.05, 3.63) is 27.4 Å². The highest BCUT2D eigenvalue weighted by Crippen LogP contribution is 2.36. The van der Waals surface area contributed by atoms with Crippen molar-refractivity contribution < 1.29 is 18.7 Å². The fourth-order valence-electron chi connectivity index (χ4n) is 2.04. The van der Waals surface area contributed by atoms with E-state index in [9.17, 15) is 14.0 Å². The number of nitrogens with zero attached hydrogens (tertiary/aromatic N) is 1. The third kappa shape index (κ3) is 2.74. The molecule has 1 atom stereocenters. The van der Waals surface area contributed by atoms with Crippen LogP contribution >= 0.6 is 27.5 Å². The number of hydrogen-bond donors (Lipinski definition) is 0. The summed E-state index contributed by atoms with van der Waals surface area (Å²) in [6, 6.07) is 2.72. The van der Waals surface area contributed by atoms with Crippen molar-refractivity contribution in [3.8, 4) is 0 Å². The lowest BCUT2D eigenvalue weighted by Crippen LogP contribution is -2.27. The Morgan fingerprint density at radius 2 is 2.26 bits per heavy atom. The summed E-state index contributed by atoms with van der Waals surface area (Å²) in [4.78, 5) is 24.5. The minimum atomic E-state index is -0.613. The minimum Gasteiger partial charge on any atom is -0.469 e. The molecule has 0 aliphatic carbocycles. The number of carbonyl (C=O) groups is 2. The van der Waals surface area contributed by atoms with Crippen LogP contribution < -0.4 is 4.90 Å². The molecular formula is C12H10BrClFNO3. The summed E-state index contributed by atoms with van der Waals surface area (Å²) < 4.78 is 19.0. The average Bonchev–Trinajstić information content (AvgIpc) is 2.69. The molecule has 1 aromatic rings. The maximum absolute atomic E-state index is 13.9. The summed E-state index contributed by atoms with van der Waals surface area (Å²) in [6.07, 6.45) is -0.00148. The number of amides is 1. The van der Waals surface area contributed by atoms with Gasteiger partial charge in [-0.2, -0.15) is 0 Å². The molecule has 1 aliphatic rings. The number of anilines is 1. The lowest BCUT2D eigenvalue weighted by molar-refractivity contribution is -0.145. The monoisotopic (exact) mass is 349 g/mol. The van der Waals surface area contributed by atoms with Gasteiger partial charge in [0.05, 0.1) is 23.7 Å². The van der Waals surface area contributed by atoms with Crippen molar-refractivity contribution in [2.75, 3.05) is 18.6 Å². The van der Waals surface area contributed by atoms with Gasteiger partial charge in [0.25, 0.3) is 0 Å². The van der Waals surface area contributed by atoms with E-state index in [4.69, 9.17) is 11.6 Å². The largest absolute Gasteiger partial charge is 0.469 e. The van der Waals surface area contributed by atoms with Crippen LogP contribution in [-0.2, 0) is 14.3 Å². The molecular weight excluding hydrogens is 340 g/mol. The Labute approximate surface area is 122 Å². The molecule has 2 rings (SSSR count). The first-order valence-corrected chi connectivity index (χ1v) is 6.64. The normalized spacial score (nSPS) is 18.8. The zero-order valence-electron chi connectivity index (χ0n) is 9.95. The van der Waals surface area contributed by atoms with E-state index < -0.39 is 17.7 Å². The molecule has 1 saturated heterocycles. The van der Waals surface area contributed by atoms with Crippen LogP contribution in [0.5, 0.6) is 0 Å². The summed E-state index contributed by atoms with van der Waals surface area (Å²) in [5.41, 5.74) is 0.00118. The Morgan fingerprint density at radius 1 is 1.58 bits per heavy atom. The van der Waals surface area contributed by atoms with Gasteiger partial charge < -0.3 is 9.64 Å². The number of ether oxygens (including phenoxy) is 1. The van der Waals surface area contributed by atoms with Crippen LogP contribution in [0, 0.1) is 11.7 Å². The third-order valence-corrected chi connectivity index (χ3v) is 3.66. The van der Waals surface area contributed by atoms with E-state index in [0.717, 1.165) is 0 Å². The van der Waals surface area contributed by atoms with Crippen LogP contribution in [0.2, 0.25) is 5.02 Å². The summed E-state index contributed by atoms with van der Waals surface area (Å²) in [7, 11) is 1.25. The quantitative estimate of drug-likeness (QED) is 0.771. The standard InChI is InChI=1S/C12H10BrClFNO3/c1-19-12(18)6-2-10(17)16(5-6)11-8(14)3-7(13)4-9(11)15/h3-4,6H,2,5H2,1H3. The summed E-state index contributed by atoms with van der Waals surface area (Å²) in [5.74, 6) is -2.03. The molecule has 0 bridgehead atoms. The van der Waals surface area contributed by atoms with E-state index in [2.05, 4.69) is 20.7 Å². The van der Waals surface area contributed by atoms with Crippen molar-refractivity contribution in [3.63, 3.8) is 0 Å². The zero-order chi connectivity index (χ0) is 14.2. The molecule has 0 N–H and O–H groups in total. The lowest BCUT2D eigenvalue weighted by Gasteiger charge is -2.18. The molecule has 0 aromatic heterocycles. The first kappa shape index (κ1) is 14.3. The van der Waals surface area contributed by atoms with Gasteiger partial charge in [-0.3, -0.25) is 9.59 Å². The summed E-state index contributed by atoms with van der Waals surface area (Å²) in [5, 5.41) is 0.116. The fourth-order valence-corrected chi connectivity index (χ4v) is 2.91. The summed E-state index contributed by atoms with van der Waals surface area (Å²) >= 11 is 9.08. The predicted molar refractivity (Wildman–Crippen MR) is 71.6 cm³/mol. The molecule has 1 aromatic carbocycles. The van der Waals surface area contributed by atoms with Gasteiger partial charge in [0.2, 0.25) is 5.91 Å². The van der Waals surface area contributed by atoms with Gasteiger partial charge in [0.15, 0.2) is 0 Å². The molecule has 19 heavy (non-hydrogen) atoms. The molecule has 1 heterocycles. The van der Waals surface area contributed by atoms with E-state index in [1.54, 1.807) is 0 Å². The number of carbonyl (C=O) groups excluding carboxylic acids is 2. The Balaban J connectivity index is 2.33. The second-order valence-corrected chi connectivity index (χ2v) is 5.47. The molecule has 1 amide bonds. The third-order valence-electron chi connectivity index (χ3n) is 2.91. The Hall–Kier alpha value is -1.14. The van der Waals surface area contributed by atoms with Crippen LogP contribution in [0.4, 0.5) is 10.1 Å². The maximum Gasteiger partial charge on any atom is 0.311 e. The maximum atomic E-state index is 13.9. The second-order valence-electron chi connectivity index (χ2n) is 4.15. The predicted octanol–water partition coefficient (Wildman–Crippen LogP) is 2.77. The number of benzene rings is 1. The van der Waals surface area contributed by atoms with Crippen LogP contribution in [0.15, 0.2) is 16.6 Å². The Morgan fingerprint density at radius 3 is 2.84 bits per heavy atom. The van der Waals surface area contributed by atoms with Crippen molar-refractivity contribution in [2.24, 2.45) is 5.92 Å². The van der Waals surface area contributed by atoms with Gasteiger partial charge in [-0.05, 0) is 12.1 Å². The van der Waals surface area contributed by atoms with Gasteiger partial charge in [0.1, 0.15) is 5.82 Å². The molecule has 4 nitrogen and oxygen atoms in total. The molecule has 1 aliphatic heterocycles. The van der Waals surface area contributed by atoms with Crippen LogP contribution in [0.25, 0.3) is 0 Å². The van der Waals surface area contributed by atoms with E-state index in [-0.39, 0.29) is 29.6 Å². The SMILES string of the molecule is COC(=O)C1CC(=O)N(c2c(F)cc(Br)cc2Cl)C1. The average molecular weight is 351 g/mol. The topological polar surface area (TPSA) is 46.6 Å². The molecule has 102 valence electrons. The van der Waals surface area contributed by atoms with Gasteiger partial charge in [0, 0.05) is 17.4 Å². The number of esters is 1. The first-order chi connectivity index (χ1) is 8.93. The fraction of sp³-hybridized carbons (Fsp3) is 0.333. The number of methoxy groups -OCH3 is 1. The zero-order valence-corrected chi connectivity index (χ0v) is 12.3. The molecule has 1 unspecified atom stereocenters. The Kier molecular flexibility index (Phi) is 4.10. The van der Waals surface area contributed by atoms with Crippen molar-refractivity contribution in [1.82, 2.24) is 0 Å². The van der Waals surface area contributed by atoms with Crippen LogP contribution in [0.1, 0.15) is 6.42 Å². The minimum absolute atomic E-state index is 0.00118. The van der Waals surface area contributed by atoms with E-state index in [1.807, 2.05) is 0 Å². The number of hydrogen-bond acceptors (Lipinski definition) is 3. The Bertz CT molecular complexity index is 529. The van der Waals surface area contributed by atoms with Gasteiger partial charge >= 0.3 is 5.97 Å². The highest BCUT2D eigenvalue weighted by molar-refractivity contribution is 9.10. The smallest absolute Gasteiger partial charge is 0.311 e. The first-order valence-electron chi connectivity index (χ1n) is 5.46. The second kappa shape index (κ2) is 5.46. The molecule has 1 fully saturated rings. The summed E-state index contributed by atoms with van der Waals surface area (Å²) in [6.45, 7) is 0.0732. The molecule has 0 saturated carbocycles. The van der Waals surface area contributed by atoms with Crippen molar-refractivity contribution in [1.29, 1.82) is 0 Å². The van der Waals surface area contributed by atoms with Crippen LogP contribution in [0.3, 0.4) is 0 Å². The highest BCUT2D eigenvalue weighted by atomic mass is 79.9. The van der Waals surface area contributed by atoms with E-state index in [1.165, 1.54) is 24.1 Å². The highest BCUT2D eigenvalue weighted by Gasteiger charge is 2.37. The van der Waals surface area contributed by atoms with E-state index in [0.29, 0.717) is 4.47 Å². The number of halogens is 3. The number of rotatable bonds is 2. The van der Waals surface area contributed by atoms with E-state index >= 15 is 0 Å². The molecule has 0 spiro atoms. The van der Waals surface area contributed by atoms with Crippen molar-refractivity contribution in [2.45, 2.75) is 6.42 Å². The van der Waals surface area contributed by atoms with Gasteiger partial charge in [-0.15, -0.1) is 0 Å². The van der Waals surface area contributed by atoms with Gasteiger partial charge in [-0.1, -0.05) is 27.5 Å². The lowest BCUT2D eigenvalue weighted by atomic mass is 10.1. The van der Waals surface area contributed by atoms with Crippen LogP contribution in [-0.4, -0.2) is 25.5 Å². The van der Waals surface area contributed by atoms with Crippen molar-refractivity contribution >= 4 is 45.1 Å². The molecule has 7 heteroatoms.